The Labute approximate surface area is 160 Å². The molecule has 3 aromatic rings. The summed E-state index contributed by atoms with van der Waals surface area (Å²) >= 11 is 12.5. The minimum atomic E-state index is -0.356. The minimum Gasteiger partial charge on any atom is -0.476 e. The van der Waals surface area contributed by atoms with Crippen LogP contribution in [0.15, 0.2) is 45.6 Å². The number of ether oxygens (including phenoxy) is 1. The molecule has 2 aromatic carbocycles. The predicted molar refractivity (Wildman–Crippen MR) is 103 cm³/mol. The smallest absolute Gasteiger partial charge is 0.336 e. The summed E-state index contributed by atoms with van der Waals surface area (Å²) in [6.45, 7) is 3.66. The second kappa shape index (κ2) is 6.95. The Hall–Kier alpha value is -2.01. The highest BCUT2D eigenvalue weighted by molar-refractivity contribution is 6.33. The Morgan fingerprint density at radius 1 is 1.19 bits per heavy atom. The molecule has 0 unspecified atom stereocenters. The molecule has 0 fully saturated rings. The van der Waals surface area contributed by atoms with Crippen molar-refractivity contribution in [2.24, 2.45) is 0 Å². The van der Waals surface area contributed by atoms with Gasteiger partial charge in [0.05, 0.1) is 10.6 Å². The average Bonchev–Trinajstić information content (AvgIpc) is 2.62. The summed E-state index contributed by atoms with van der Waals surface area (Å²) < 4.78 is 11.4. The highest BCUT2D eigenvalue weighted by Crippen LogP contribution is 2.39. The second-order valence-corrected chi connectivity index (χ2v) is 7.22. The van der Waals surface area contributed by atoms with E-state index in [0.717, 1.165) is 28.5 Å². The lowest BCUT2D eigenvalue weighted by Gasteiger charge is -2.30. The van der Waals surface area contributed by atoms with Crippen LogP contribution in [-0.4, -0.2) is 11.6 Å². The maximum absolute atomic E-state index is 12.0. The highest BCUT2D eigenvalue weighted by Gasteiger charge is 2.25. The van der Waals surface area contributed by atoms with E-state index < -0.39 is 0 Å². The van der Waals surface area contributed by atoms with Gasteiger partial charge in [-0.1, -0.05) is 42.3 Å². The van der Waals surface area contributed by atoms with E-state index in [2.05, 4.69) is 4.90 Å². The summed E-state index contributed by atoms with van der Waals surface area (Å²) in [6.07, 6.45) is 0.726. The van der Waals surface area contributed by atoms with Crippen molar-refractivity contribution in [1.29, 1.82) is 0 Å². The van der Waals surface area contributed by atoms with Crippen LogP contribution in [0.1, 0.15) is 23.6 Å². The van der Waals surface area contributed by atoms with E-state index in [1.807, 2.05) is 37.3 Å². The van der Waals surface area contributed by atoms with Crippen molar-refractivity contribution in [1.82, 2.24) is 4.90 Å². The van der Waals surface area contributed by atoms with E-state index >= 15 is 0 Å². The lowest BCUT2D eigenvalue weighted by molar-refractivity contribution is 0.0890. The molecule has 0 saturated carbocycles. The number of benzene rings is 2. The first-order valence-corrected chi connectivity index (χ1v) is 9.18. The molecule has 0 aliphatic carbocycles. The first-order chi connectivity index (χ1) is 12.5. The molecule has 1 aliphatic heterocycles. The lowest BCUT2D eigenvalue weighted by atomic mass is 10.0. The van der Waals surface area contributed by atoms with Crippen molar-refractivity contribution in [2.75, 3.05) is 6.73 Å². The summed E-state index contributed by atoms with van der Waals surface area (Å²) in [7, 11) is 0. The van der Waals surface area contributed by atoms with Crippen LogP contribution in [0.2, 0.25) is 10.0 Å². The largest absolute Gasteiger partial charge is 0.476 e. The molecule has 0 saturated heterocycles. The molecule has 0 atom stereocenters. The van der Waals surface area contributed by atoms with Gasteiger partial charge in [0.25, 0.3) is 0 Å². The standard InChI is InChI=1S/C20H17Cl2NO3/c1-2-13-7-18(24)26-19-15(13)8-17(22)20-16(19)10-23(11-25-20)9-12-4-3-5-14(21)6-12/h3-8H,2,9-11H2,1H3. The second-order valence-electron chi connectivity index (χ2n) is 6.38. The zero-order chi connectivity index (χ0) is 18.3. The third-order valence-corrected chi connectivity index (χ3v) is 5.09. The third-order valence-electron chi connectivity index (χ3n) is 4.57. The normalized spacial score (nSPS) is 14.3. The molecule has 4 rings (SSSR count). The van der Waals surface area contributed by atoms with Crippen LogP contribution in [0, 0.1) is 0 Å². The number of halogens is 2. The van der Waals surface area contributed by atoms with Gasteiger partial charge in [-0.2, -0.15) is 0 Å². The van der Waals surface area contributed by atoms with E-state index in [1.54, 1.807) is 0 Å². The van der Waals surface area contributed by atoms with Crippen molar-refractivity contribution < 1.29 is 9.15 Å². The lowest BCUT2D eigenvalue weighted by Crippen LogP contribution is -2.32. The van der Waals surface area contributed by atoms with Gasteiger partial charge in [0, 0.05) is 29.6 Å². The van der Waals surface area contributed by atoms with Gasteiger partial charge >= 0.3 is 5.63 Å². The van der Waals surface area contributed by atoms with Crippen LogP contribution in [0.25, 0.3) is 11.0 Å². The first-order valence-electron chi connectivity index (χ1n) is 8.43. The van der Waals surface area contributed by atoms with Crippen molar-refractivity contribution in [3.05, 3.63) is 73.6 Å². The Morgan fingerprint density at radius 2 is 2.04 bits per heavy atom. The summed E-state index contributed by atoms with van der Waals surface area (Å²) in [5.74, 6) is 0.595. The molecule has 2 heterocycles. The quantitative estimate of drug-likeness (QED) is 0.590. The molecule has 0 N–H and O–H groups in total. The van der Waals surface area contributed by atoms with Crippen LogP contribution < -0.4 is 10.4 Å². The van der Waals surface area contributed by atoms with Crippen LogP contribution in [0.4, 0.5) is 0 Å². The van der Waals surface area contributed by atoms with E-state index in [4.69, 9.17) is 32.4 Å². The van der Waals surface area contributed by atoms with Gasteiger partial charge in [-0.15, -0.1) is 0 Å². The van der Waals surface area contributed by atoms with Gasteiger partial charge < -0.3 is 9.15 Å². The summed E-state index contributed by atoms with van der Waals surface area (Å²) in [4.78, 5) is 14.1. The predicted octanol–water partition coefficient (Wildman–Crippen LogP) is 5.01. The van der Waals surface area contributed by atoms with Gasteiger partial charge in [-0.25, -0.2) is 4.79 Å². The fraction of sp³-hybridized carbons (Fsp3) is 0.250. The maximum atomic E-state index is 12.0. The molecule has 26 heavy (non-hydrogen) atoms. The van der Waals surface area contributed by atoms with Crippen LogP contribution in [0.5, 0.6) is 5.75 Å². The van der Waals surface area contributed by atoms with E-state index in [-0.39, 0.29) is 5.63 Å². The van der Waals surface area contributed by atoms with E-state index in [9.17, 15) is 4.79 Å². The fourth-order valence-corrected chi connectivity index (χ4v) is 3.88. The van der Waals surface area contributed by atoms with Crippen LogP contribution in [0.3, 0.4) is 0 Å². The molecule has 0 radical (unpaired) electrons. The molecule has 0 spiro atoms. The number of nitrogens with zero attached hydrogens (tertiary/aromatic N) is 1. The topological polar surface area (TPSA) is 42.7 Å². The van der Waals surface area contributed by atoms with Crippen molar-refractivity contribution in [3.8, 4) is 5.75 Å². The summed E-state index contributed by atoms with van der Waals surface area (Å²) in [5.41, 5.74) is 3.03. The minimum absolute atomic E-state index is 0.356. The SMILES string of the molecule is CCc1cc(=O)oc2c3c(c(Cl)cc12)OCN(Cc1cccc(Cl)c1)C3. The Bertz CT molecular complexity index is 1050. The summed E-state index contributed by atoms with van der Waals surface area (Å²) in [5, 5.41) is 2.11. The Balaban J connectivity index is 1.76. The number of hydrogen-bond donors (Lipinski definition) is 0. The van der Waals surface area contributed by atoms with E-state index in [0.29, 0.717) is 41.2 Å². The zero-order valence-corrected chi connectivity index (χ0v) is 15.7. The van der Waals surface area contributed by atoms with Crippen molar-refractivity contribution in [3.63, 3.8) is 0 Å². The van der Waals surface area contributed by atoms with Gasteiger partial charge in [-0.3, -0.25) is 4.90 Å². The first kappa shape index (κ1) is 17.4. The molecule has 1 aliphatic rings. The van der Waals surface area contributed by atoms with Gasteiger partial charge in [0.2, 0.25) is 0 Å². The van der Waals surface area contributed by atoms with Crippen molar-refractivity contribution in [2.45, 2.75) is 26.4 Å². The maximum Gasteiger partial charge on any atom is 0.336 e. The molecule has 4 nitrogen and oxygen atoms in total. The Morgan fingerprint density at radius 3 is 2.81 bits per heavy atom. The highest BCUT2D eigenvalue weighted by atomic mass is 35.5. The molecule has 1 aromatic heterocycles. The fourth-order valence-electron chi connectivity index (χ4n) is 3.39. The van der Waals surface area contributed by atoms with Crippen molar-refractivity contribution >= 4 is 34.2 Å². The van der Waals surface area contributed by atoms with Crippen LogP contribution >= 0.6 is 23.2 Å². The number of fused-ring (bicyclic) bond motifs is 3. The summed E-state index contributed by atoms with van der Waals surface area (Å²) in [6, 6.07) is 11.1. The number of hydrogen-bond acceptors (Lipinski definition) is 4. The third kappa shape index (κ3) is 3.20. The Kier molecular flexibility index (Phi) is 4.65. The molecule has 0 bridgehead atoms. The average molecular weight is 390 g/mol. The van der Waals surface area contributed by atoms with E-state index in [1.165, 1.54) is 6.07 Å². The zero-order valence-electron chi connectivity index (χ0n) is 14.2. The molecular weight excluding hydrogens is 373 g/mol. The molecule has 134 valence electrons. The molecule has 0 amide bonds. The molecule has 6 heteroatoms. The van der Waals surface area contributed by atoms with Gasteiger partial charge in [0.15, 0.2) is 0 Å². The number of aryl methyl sites for hydroxylation is 1. The van der Waals surface area contributed by atoms with Crippen LogP contribution in [-0.2, 0) is 19.5 Å². The van der Waals surface area contributed by atoms with Gasteiger partial charge in [0.1, 0.15) is 18.1 Å². The molecular formula is C20H17Cl2NO3. The number of rotatable bonds is 3. The monoisotopic (exact) mass is 389 g/mol. The van der Waals surface area contributed by atoms with Gasteiger partial charge in [-0.05, 0) is 35.7 Å².